The number of halogens is 1. The number of benzene rings is 2. The fraction of sp³-hybridized carbons (Fsp3) is 0.0952. The van der Waals surface area contributed by atoms with Gasteiger partial charge in [0.25, 0.3) is 5.91 Å². The summed E-state index contributed by atoms with van der Waals surface area (Å²) in [4.78, 5) is 16.8. The molecule has 0 saturated carbocycles. The average molecular weight is 376 g/mol. The van der Waals surface area contributed by atoms with E-state index in [2.05, 4.69) is 15.4 Å². The van der Waals surface area contributed by atoms with Crippen molar-refractivity contribution in [3.63, 3.8) is 0 Å². The van der Waals surface area contributed by atoms with Crippen molar-refractivity contribution in [2.24, 2.45) is 0 Å². The van der Waals surface area contributed by atoms with Crippen molar-refractivity contribution in [3.8, 4) is 17.0 Å². The molecule has 0 aliphatic heterocycles. The Kier molecular flexibility index (Phi) is 4.49. The van der Waals surface area contributed by atoms with Gasteiger partial charge in [0.05, 0.1) is 28.8 Å². The molecule has 0 saturated heterocycles. The molecule has 1 amide bonds. The van der Waals surface area contributed by atoms with Crippen LogP contribution in [-0.4, -0.2) is 20.7 Å². The zero-order chi connectivity index (χ0) is 19.7. The number of anilines is 1. The van der Waals surface area contributed by atoms with Crippen LogP contribution in [0, 0.1) is 19.7 Å². The van der Waals surface area contributed by atoms with E-state index in [9.17, 15) is 9.18 Å². The third-order valence-corrected chi connectivity index (χ3v) is 4.43. The monoisotopic (exact) mass is 376 g/mol. The number of aromatic nitrogens is 3. The highest BCUT2D eigenvalue weighted by Gasteiger charge is 2.20. The van der Waals surface area contributed by atoms with E-state index in [1.165, 1.54) is 18.5 Å². The first-order chi connectivity index (χ1) is 13.5. The normalized spacial score (nSPS) is 10.8. The number of nitrogens with zero attached hydrogens (tertiary/aromatic N) is 3. The molecule has 2 aromatic heterocycles. The summed E-state index contributed by atoms with van der Waals surface area (Å²) in [6.07, 6.45) is 2.97. The smallest absolute Gasteiger partial charge is 0.259 e. The Morgan fingerprint density at radius 2 is 1.93 bits per heavy atom. The molecule has 0 bridgehead atoms. The molecule has 0 aliphatic rings. The number of carbonyl (C=O) groups excluding carboxylic acids is 1. The Hall–Kier alpha value is -3.74. The molecule has 2 aromatic carbocycles. The average Bonchev–Trinajstić information content (AvgIpc) is 3.31. The van der Waals surface area contributed by atoms with Gasteiger partial charge in [0.2, 0.25) is 0 Å². The van der Waals surface area contributed by atoms with Gasteiger partial charge in [0.1, 0.15) is 5.82 Å². The summed E-state index contributed by atoms with van der Waals surface area (Å²) in [5.74, 6) is 0.0283. The minimum atomic E-state index is -0.324. The third kappa shape index (κ3) is 3.29. The summed E-state index contributed by atoms with van der Waals surface area (Å²) in [5, 5.41) is 7.34. The lowest BCUT2D eigenvalue weighted by Crippen LogP contribution is -2.14. The summed E-state index contributed by atoms with van der Waals surface area (Å²) in [6, 6.07) is 13.3. The van der Waals surface area contributed by atoms with Crippen LogP contribution < -0.4 is 5.32 Å². The molecular formula is C21H17FN4O2. The second-order valence-corrected chi connectivity index (χ2v) is 6.33. The van der Waals surface area contributed by atoms with Gasteiger partial charge in [-0.1, -0.05) is 12.1 Å². The van der Waals surface area contributed by atoms with Crippen LogP contribution in [0.4, 0.5) is 10.1 Å². The number of carbonyl (C=O) groups is 1. The SMILES string of the molecule is Cc1nn(-c2ccc(F)cc2)c(C)c1C(=O)Nc1cccc(-c2cnco2)c1. The predicted octanol–water partition coefficient (Wildman–Crippen LogP) is 4.54. The third-order valence-electron chi connectivity index (χ3n) is 4.43. The van der Waals surface area contributed by atoms with E-state index in [-0.39, 0.29) is 11.7 Å². The molecule has 0 radical (unpaired) electrons. The maximum absolute atomic E-state index is 13.2. The fourth-order valence-electron chi connectivity index (χ4n) is 3.11. The molecule has 0 atom stereocenters. The molecule has 7 heteroatoms. The first kappa shape index (κ1) is 17.7. The van der Waals surface area contributed by atoms with Crippen molar-refractivity contribution in [2.75, 3.05) is 5.32 Å². The first-order valence-electron chi connectivity index (χ1n) is 8.65. The van der Waals surface area contributed by atoms with Crippen LogP contribution in [0.5, 0.6) is 0 Å². The van der Waals surface area contributed by atoms with Crippen molar-refractivity contribution in [1.82, 2.24) is 14.8 Å². The van der Waals surface area contributed by atoms with E-state index in [1.807, 2.05) is 25.1 Å². The van der Waals surface area contributed by atoms with Crippen molar-refractivity contribution in [2.45, 2.75) is 13.8 Å². The Bertz CT molecular complexity index is 1130. The molecule has 0 aliphatic carbocycles. The number of oxazole rings is 1. The van der Waals surface area contributed by atoms with Crippen LogP contribution >= 0.6 is 0 Å². The lowest BCUT2D eigenvalue weighted by molar-refractivity contribution is 0.102. The van der Waals surface area contributed by atoms with E-state index < -0.39 is 0 Å². The van der Waals surface area contributed by atoms with Crippen molar-refractivity contribution in [1.29, 1.82) is 0 Å². The fourth-order valence-corrected chi connectivity index (χ4v) is 3.11. The first-order valence-corrected chi connectivity index (χ1v) is 8.65. The number of rotatable bonds is 4. The molecule has 4 rings (SSSR count). The van der Waals surface area contributed by atoms with Gasteiger partial charge in [-0.3, -0.25) is 4.79 Å². The zero-order valence-electron chi connectivity index (χ0n) is 15.3. The summed E-state index contributed by atoms with van der Waals surface area (Å²) >= 11 is 0. The number of hydrogen-bond acceptors (Lipinski definition) is 4. The highest BCUT2D eigenvalue weighted by atomic mass is 19.1. The van der Waals surface area contributed by atoms with Gasteiger partial charge in [-0.15, -0.1) is 0 Å². The summed E-state index contributed by atoms with van der Waals surface area (Å²) in [5.41, 5.74) is 3.87. The van der Waals surface area contributed by atoms with Gasteiger partial charge < -0.3 is 9.73 Å². The van der Waals surface area contributed by atoms with Gasteiger partial charge in [-0.05, 0) is 50.2 Å². The van der Waals surface area contributed by atoms with Gasteiger partial charge in [-0.2, -0.15) is 5.10 Å². The Balaban J connectivity index is 1.62. The Morgan fingerprint density at radius 3 is 2.64 bits per heavy atom. The van der Waals surface area contributed by atoms with E-state index in [4.69, 9.17) is 4.42 Å². The second kappa shape index (κ2) is 7.11. The molecule has 0 spiro atoms. The predicted molar refractivity (Wildman–Crippen MR) is 103 cm³/mol. The molecule has 0 unspecified atom stereocenters. The van der Waals surface area contributed by atoms with Crippen LogP contribution in [0.3, 0.4) is 0 Å². The van der Waals surface area contributed by atoms with E-state index in [0.29, 0.717) is 34.1 Å². The van der Waals surface area contributed by atoms with Crippen LogP contribution in [0.15, 0.2) is 65.5 Å². The lowest BCUT2D eigenvalue weighted by atomic mass is 10.1. The second-order valence-electron chi connectivity index (χ2n) is 6.33. The molecule has 0 fully saturated rings. The summed E-state index contributed by atoms with van der Waals surface area (Å²) in [7, 11) is 0. The standard InChI is InChI=1S/C21H17FN4O2/c1-13-20(14(2)26(25-13)18-8-6-16(22)7-9-18)21(27)24-17-5-3-4-15(10-17)19-11-23-12-28-19/h3-12H,1-2H3,(H,24,27). The quantitative estimate of drug-likeness (QED) is 0.568. The number of hydrogen-bond donors (Lipinski definition) is 1. The van der Waals surface area contributed by atoms with Crippen molar-refractivity contribution >= 4 is 11.6 Å². The zero-order valence-corrected chi connectivity index (χ0v) is 15.3. The topological polar surface area (TPSA) is 73.0 Å². The highest BCUT2D eigenvalue weighted by molar-refractivity contribution is 6.06. The largest absolute Gasteiger partial charge is 0.444 e. The van der Waals surface area contributed by atoms with Gasteiger partial charge >= 0.3 is 0 Å². The minimum absolute atomic E-state index is 0.266. The molecule has 140 valence electrons. The van der Waals surface area contributed by atoms with Crippen LogP contribution in [-0.2, 0) is 0 Å². The number of amides is 1. The van der Waals surface area contributed by atoms with E-state index in [0.717, 1.165) is 5.56 Å². The van der Waals surface area contributed by atoms with Crippen LogP contribution in [0.2, 0.25) is 0 Å². The maximum Gasteiger partial charge on any atom is 0.259 e. The molecule has 6 nitrogen and oxygen atoms in total. The van der Waals surface area contributed by atoms with E-state index >= 15 is 0 Å². The lowest BCUT2D eigenvalue weighted by Gasteiger charge is -2.08. The number of aryl methyl sites for hydroxylation is 1. The van der Waals surface area contributed by atoms with Gasteiger partial charge in [0, 0.05) is 11.3 Å². The summed E-state index contributed by atoms with van der Waals surface area (Å²) in [6.45, 7) is 3.58. The number of nitrogens with one attached hydrogen (secondary N) is 1. The Morgan fingerprint density at radius 1 is 1.14 bits per heavy atom. The highest BCUT2D eigenvalue weighted by Crippen LogP contribution is 2.24. The van der Waals surface area contributed by atoms with Crippen molar-refractivity contribution in [3.05, 3.63) is 83.9 Å². The molecule has 2 heterocycles. The molecule has 1 N–H and O–H groups in total. The van der Waals surface area contributed by atoms with Crippen molar-refractivity contribution < 1.29 is 13.6 Å². The minimum Gasteiger partial charge on any atom is -0.444 e. The van der Waals surface area contributed by atoms with Gasteiger partial charge in [-0.25, -0.2) is 14.1 Å². The molecule has 28 heavy (non-hydrogen) atoms. The molecule has 4 aromatic rings. The van der Waals surface area contributed by atoms with Crippen LogP contribution in [0.25, 0.3) is 17.0 Å². The summed E-state index contributed by atoms with van der Waals surface area (Å²) < 4.78 is 20.1. The molecular weight excluding hydrogens is 359 g/mol. The van der Waals surface area contributed by atoms with Gasteiger partial charge in [0.15, 0.2) is 12.2 Å². The van der Waals surface area contributed by atoms with E-state index in [1.54, 1.807) is 36.0 Å². The Labute approximate surface area is 160 Å². The maximum atomic E-state index is 13.2. The van der Waals surface area contributed by atoms with Crippen LogP contribution in [0.1, 0.15) is 21.7 Å².